The number of rotatable bonds is 6. The number of amides is 1. The zero-order valence-electron chi connectivity index (χ0n) is 15.7. The highest BCUT2D eigenvalue weighted by atomic mass is 32.2. The lowest BCUT2D eigenvalue weighted by atomic mass is 9.79. The zero-order chi connectivity index (χ0) is 18.5. The highest BCUT2D eigenvalue weighted by molar-refractivity contribution is 7.99. The van der Waals surface area contributed by atoms with Gasteiger partial charge in [0, 0.05) is 31.4 Å². The summed E-state index contributed by atoms with van der Waals surface area (Å²) in [4.78, 5) is 19.5. The first-order valence-electron chi connectivity index (χ1n) is 9.91. The number of carbonyl (C=O) groups excluding carboxylic acids is 1. The largest absolute Gasteiger partial charge is 0.379 e. The highest BCUT2D eigenvalue weighted by Crippen LogP contribution is 2.34. The van der Waals surface area contributed by atoms with E-state index in [0.29, 0.717) is 5.75 Å². The summed E-state index contributed by atoms with van der Waals surface area (Å²) in [6.07, 6.45) is 9.98. The Kier molecular flexibility index (Phi) is 6.00. The van der Waals surface area contributed by atoms with Crippen LogP contribution in [0.25, 0.3) is 5.52 Å². The molecule has 0 bridgehead atoms. The molecule has 1 saturated heterocycles. The molecular weight excluding hydrogens is 360 g/mol. The minimum absolute atomic E-state index is 0.0888. The van der Waals surface area contributed by atoms with Crippen molar-refractivity contribution >= 4 is 23.2 Å². The van der Waals surface area contributed by atoms with E-state index in [2.05, 4.69) is 15.2 Å². The van der Waals surface area contributed by atoms with Crippen molar-refractivity contribution in [1.82, 2.24) is 19.6 Å². The first kappa shape index (κ1) is 18.8. The molecule has 3 heterocycles. The summed E-state index contributed by atoms with van der Waals surface area (Å²) >= 11 is 1.49. The quantitative estimate of drug-likeness (QED) is 0.771. The molecule has 27 heavy (non-hydrogen) atoms. The number of morpholine rings is 1. The third-order valence-corrected chi connectivity index (χ3v) is 6.78. The van der Waals surface area contributed by atoms with Crippen molar-refractivity contribution in [2.24, 2.45) is 0 Å². The number of nitrogens with one attached hydrogen (secondary N) is 1. The van der Waals surface area contributed by atoms with Gasteiger partial charge in [-0.15, -0.1) is 0 Å². The zero-order valence-corrected chi connectivity index (χ0v) is 16.5. The Bertz CT molecular complexity index is 766. The fraction of sp³-hybridized carbons (Fsp3) is 0.600. The van der Waals surface area contributed by atoms with Gasteiger partial charge in [-0.1, -0.05) is 37.1 Å². The molecule has 4 rings (SSSR count). The molecule has 6 nitrogen and oxygen atoms in total. The van der Waals surface area contributed by atoms with Crippen LogP contribution in [-0.2, 0) is 9.53 Å². The van der Waals surface area contributed by atoms with Crippen LogP contribution in [0.4, 0.5) is 0 Å². The molecule has 1 amide bonds. The van der Waals surface area contributed by atoms with Crippen LogP contribution in [0.5, 0.6) is 0 Å². The van der Waals surface area contributed by atoms with E-state index in [-0.39, 0.29) is 11.4 Å². The number of hydrogen-bond donors (Lipinski definition) is 1. The monoisotopic (exact) mass is 388 g/mol. The van der Waals surface area contributed by atoms with E-state index >= 15 is 0 Å². The van der Waals surface area contributed by atoms with Gasteiger partial charge in [0.05, 0.1) is 30.7 Å². The van der Waals surface area contributed by atoms with Crippen molar-refractivity contribution in [3.8, 4) is 0 Å². The van der Waals surface area contributed by atoms with Crippen LogP contribution in [0.1, 0.15) is 32.1 Å². The number of thioether (sulfide) groups is 1. The summed E-state index contributed by atoms with van der Waals surface area (Å²) in [7, 11) is 0. The first-order chi connectivity index (χ1) is 13.3. The van der Waals surface area contributed by atoms with Crippen molar-refractivity contribution in [3.63, 3.8) is 0 Å². The maximum Gasteiger partial charge on any atom is 0.230 e. The Hall–Kier alpha value is -1.57. The van der Waals surface area contributed by atoms with E-state index < -0.39 is 0 Å². The fourth-order valence-electron chi connectivity index (χ4n) is 4.32. The Labute approximate surface area is 164 Å². The predicted octanol–water partition coefficient (Wildman–Crippen LogP) is 2.58. The van der Waals surface area contributed by atoms with Gasteiger partial charge in [-0.25, -0.2) is 4.98 Å². The second-order valence-electron chi connectivity index (χ2n) is 7.49. The predicted molar refractivity (Wildman–Crippen MR) is 107 cm³/mol. The molecule has 0 aromatic carbocycles. The molecule has 1 aliphatic heterocycles. The van der Waals surface area contributed by atoms with E-state index in [1.54, 1.807) is 0 Å². The van der Waals surface area contributed by atoms with E-state index in [4.69, 9.17) is 4.74 Å². The molecule has 0 unspecified atom stereocenters. The smallest absolute Gasteiger partial charge is 0.230 e. The van der Waals surface area contributed by atoms with E-state index in [0.717, 1.165) is 43.5 Å². The molecule has 1 aliphatic carbocycles. The molecule has 2 aliphatic rings. The van der Waals surface area contributed by atoms with Gasteiger partial charge in [-0.05, 0) is 25.0 Å². The molecular formula is C20H28N4O2S. The van der Waals surface area contributed by atoms with Crippen LogP contribution in [0.15, 0.2) is 35.7 Å². The van der Waals surface area contributed by atoms with Crippen LogP contribution in [0.3, 0.4) is 0 Å². The second kappa shape index (κ2) is 8.63. The van der Waals surface area contributed by atoms with Gasteiger partial charge in [0.2, 0.25) is 5.91 Å². The Morgan fingerprint density at radius 2 is 2.04 bits per heavy atom. The highest BCUT2D eigenvalue weighted by Gasteiger charge is 2.38. The summed E-state index contributed by atoms with van der Waals surface area (Å²) in [5, 5.41) is 4.08. The van der Waals surface area contributed by atoms with Crippen molar-refractivity contribution < 1.29 is 9.53 Å². The summed E-state index contributed by atoms with van der Waals surface area (Å²) in [6, 6.07) is 5.99. The van der Waals surface area contributed by atoms with Gasteiger partial charge in [-0.2, -0.15) is 0 Å². The van der Waals surface area contributed by atoms with Gasteiger partial charge >= 0.3 is 0 Å². The number of carbonyl (C=O) groups is 1. The number of ether oxygens (including phenoxy) is 1. The van der Waals surface area contributed by atoms with E-state index in [1.165, 1.54) is 43.9 Å². The van der Waals surface area contributed by atoms with Crippen LogP contribution in [-0.4, -0.2) is 64.3 Å². The maximum absolute atomic E-state index is 12.5. The summed E-state index contributed by atoms with van der Waals surface area (Å²) in [5.74, 6) is 0.485. The van der Waals surface area contributed by atoms with Crippen LogP contribution < -0.4 is 5.32 Å². The molecule has 7 heteroatoms. The number of fused-ring (bicyclic) bond motifs is 1. The van der Waals surface area contributed by atoms with Gasteiger partial charge < -0.3 is 10.1 Å². The summed E-state index contributed by atoms with van der Waals surface area (Å²) in [6.45, 7) is 4.31. The average Bonchev–Trinajstić information content (AvgIpc) is 3.15. The second-order valence-corrected chi connectivity index (χ2v) is 8.43. The molecule has 2 aromatic heterocycles. The van der Waals surface area contributed by atoms with Crippen LogP contribution in [0.2, 0.25) is 0 Å². The van der Waals surface area contributed by atoms with E-state index in [1.807, 2.05) is 35.0 Å². The summed E-state index contributed by atoms with van der Waals surface area (Å²) < 4.78 is 7.56. The molecule has 2 aromatic rings. The van der Waals surface area contributed by atoms with E-state index in [9.17, 15) is 4.79 Å². The Balaban J connectivity index is 1.34. The van der Waals surface area contributed by atoms with Gasteiger partial charge in [0.15, 0.2) is 5.16 Å². The van der Waals surface area contributed by atoms with Gasteiger partial charge in [0.1, 0.15) is 0 Å². The number of hydrogen-bond acceptors (Lipinski definition) is 5. The fourth-order valence-corrected chi connectivity index (χ4v) is 5.12. The number of nitrogens with zero attached hydrogens (tertiary/aromatic N) is 3. The van der Waals surface area contributed by atoms with Crippen LogP contribution in [0, 0.1) is 0 Å². The van der Waals surface area contributed by atoms with Crippen molar-refractivity contribution in [2.45, 2.75) is 42.8 Å². The lowest BCUT2D eigenvalue weighted by Gasteiger charge is -2.48. The van der Waals surface area contributed by atoms with Crippen molar-refractivity contribution in [1.29, 1.82) is 0 Å². The number of imidazole rings is 1. The molecule has 0 radical (unpaired) electrons. The third-order valence-electron chi connectivity index (χ3n) is 5.82. The Morgan fingerprint density at radius 1 is 1.22 bits per heavy atom. The molecule has 146 valence electrons. The third kappa shape index (κ3) is 4.31. The average molecular weight is 389 g/mol. The number of pyridine rings is 1. The standard InChI is InChI=1S/C20H28N4O2S/c25-18(15-27-19-21-14-17-6-2-5-9-24(17)19)22-16-20(7-3-1-4-8-20)23-10-12-26-13-11-23/h2,5-6,9,14H,1,3-4,7-8,10-13,15-16H2,(H,22,25). The van der Waals surface area contributed by atoms with Gasteiger partial charge in [0.25, 0.3) is 0 Å². The maximum atomic E-state index is 12.5. The molecule has 0 atom stereocenters. The topological polar surface area (TPSA) is 58.9 Å². The SMILES string of the molecule is O=C(CSc1ncc2ccccn12)NCC1(N2CCOCC2)CCCCC1. The minimum atomic E-state index is 0.0888. The molecule has 2 fully saturated rings. The lowest BCUT2D eigenvalue weighted by molar-refractivity contribution is -0.119. The molecule has 1 N–H and O–H groups in total. The van der Waals surface area contributed by atoms with Crippen LogP contribution >= 0.6 is 11.8 Å². The van der Waals surface area contributed by atoms with Crippen molar-refractivity contribution in [2.75, 3.05) is 38.6 Å². The van der Waals surface area contributed by atoms with Crippen molar-refractivity contribution in [3.05, 3.63) is 30.6 Å². The van der Waals surface area contributed by atoms with Gasteiger partial charge in [-0.3, -0.25) is 14.1 Å². The molecule has 1 saturated carbocycles. The first-order valence-corrected chi connectivity index (χ1v) is 10.9. The normalized spacial score (nSPS) is 20.6. The number of aromatic nitrogens is 2. The minimum Gasteiger partial charge on any atom is -0.379 e. The lowest BCUT2D eigenvalue weighted by Crippen LogP contribution is -2.59. The Morgan fingerprint density at radius 3 is 2.85 bits per heavy atom. The summed E-state index contributed by atoms with van der Waals surface area (Å²) in [5.41, 5.74) is 1.16. The molecule has 0 spiro atoms.